The molecule has 1 unspecified atom stereocenters. The highest BCUT2D eigenvalue weighted by molar-refractivity contribution is 9.10. The van der Waals surface area contributed by atoms with Crippen molar-refractivity contribution in [1.29, 1.82) is 0 Å². The Labute approximate surface area is 137 Å². The number of hydrogen-bond acceptors (Lipinski definition) is 1. The maximum absolute atomic E-state index is 13.4. The van der Waals surface area contributed by atoms with Crippen LogP contribution >= 0.6 is 27.5 Å². The zero-order valence-corrected chi connectivity index (χ0v) is 13.8. The zero-order chi connectivity index (χ0) is 14.8. The maximum Gasteiger partial charge on any atom is 0.125 e. The summed E-state index contributed by atoms with van der Waals surface area (Å²) in [7, 11) is 0. The van der Waals surface area contributed by atoms with E-state index in [0.717, 1.165) is 40.8 Å². The van der Waals surface area contributed by atoms with Crippen LogP contribution in [0.25, 0.3) is 0 Å². The van der Waals surface area contributed by atoms with E-state index in [9.17, 15) is 4.39 Å². The second kappa shape index (κ2) is 6.37. The maximum atomic E-state index is 13.4. The Hall–Kier alpha value is -1.06. The fourth-order valence-corrected chi connectivity index (χ4v) is 3.63. The lowest BCUT2D eigenvalue weighted by Gasteiger charge is -2.17. The molecule has 1 atom stereocenters. The van der Waals surface area contributed by atoms with E-state index in [2.05, 4.69) is 28.1 Å². The highest BCUT2D eigenvalue weighted by atomic mass is 79.9. The molecule has 0 aromatic heterocycles. The first-order valence-electron chi connectivity index (χ1n) is 6.93. The lowest BCUT2D eigenvalue weighted by atomic mass is 9.92. The Balaban J connectivity index is 1.91. The Morgan fingerprint density at radius 1 is 1.29 bits per heavy atom. The number of hydrogen-bond donors (Lipinski definition) is 0. The van der Waals surface area contributed by atoms with Gasteiger partial charge in [0.25, 0.3) is 0 Å². The lowest BCUT2D eigenvalue weighted by Crippen LogP contribution is -2.06. The number of rotatable bonds is 4. The molecule has 1 aliphatic heterocycles. The summed E-state index contributed by atoms with van der Waals surface area (Å²) in [5.74, 6) is 1.28. The molecule has 0 N–H and O–H groups in total. The van der Waals surface area contributed by atoms with Crippen LogP contribution in [0.15, 0.2) is 40.9 Å². The summed E-state index contributed by atoms with van der Waals surface area (Å²) in [5.41, 5.74) is 3.29. The van der Waals surface area contributed by atoms with E-state index < -0.39 is 0 Å². The van der Waals surface area contributed by atoms with E-state index in [1.165, 1.54) is 11.6 Å². The molecule has 1 nitrogen and oxygen atoms in total. The van der Waals surface area contributed by atoms with Gasteiger partial charge in [0.2, 0.25) is 0 Å². The zero-order valence-electron chi connectivity index (χ0n) is 11.4. The lowest BCUT2D eigenvalue weighted by molar-refractivity contribution is 0.352. The second-order valence-corrected chi connectivity index (χ2v) is 6.49. The molecular formula is C17H15BrClFO. The van der Waals surface area contributed by atoms with Gasteiger partial charge >= 0.3 is 0 Å². The Kier molecular flexibility index (Phi) is 4.51. The first-order valence-corrected chi connectivity index (χ1v) is 8.25. The molecule has 0 saturated heterocycles. The highest BCUT2D eigenvalue weighted by Crippen LogP contribution is 2.36. The fraction of sp³-hybridized carbons (Fsp3) is 0.294. The highest BCUT2D eigenvalue weighted by Gasteiger charge is 2.21. The van der Waals surface area contributed by atoms with E-state index in [-0.39, 0.29) is 11.7 Å². The summed E-state index contributed by atoms with van der Waals surface area (Å²) < 4.78 is 20.2. The molecule has 2 aromatic rings. The van der Waals surface area contributed by atoms with Crippen molar-refractivity contribution in [2.75, 3.05) is 12.5 Å². The number of ether oxygens (including phenoxy) is 1. The van der Waals surface area contributed by atoms with Crippen LogP contribution in [-0.2, 0) is 12.8 Å². The van der Waals surface area contributed by atoms with Gasteiger partial charge in [-0.3, -0.25) is 0 Å². The smallest absolute Gasteiger partial charge is 0.125 e. The minimum Gasteiger partial charge on any atom is -0.493 e. The van der Waals surface area contributed by atoms with Crippen LogP contribution in [-0.4, -0.2) is 12.5 Å². The van der Waals surface area contributed by atoms with Gasteiger partial charge in [0.05, 0.1) is 6.61 Å². The summed E-state index contributed by atoms with van der Waals surface area (Å²) >= 11 is 9.67. The van der Waals surface area contributed by atoms with Crippen LogP contribution in [0.2, 0.25) is 0 Å². The van der Waals surface area contributed by atoms with Crippen LogP contribution in [0.4, 0.5) is 4.39 Å². The number of fused-ring (bicyclic) bond motifs is 1. The summed E-state index contributed by atoms with van der Waals surface area (Å²) in [4.78, 5) is 0. The van der Waals surface area contributed by atoms with E-state index in [1.54, 1.807) is 12.1 Å². The van der Waals surface area contributed by atoms with Crippen LogP contribution < -0.4 is 4.74 Å². The summed E-state index contributed by atoms with van der Waals surface area (Å²) in [6, 6.07) is 10.8. The van der Waals surface area contributed by atoms with E-state index >= 15 is 0 Å². The topological polar surface area (TPSA) is 9.23 Å². The monoisotopic (exact) mass is 368 g/mol. The molecule has 0 spiro atoms. The van der Waals surface area contributed by atoms with Crippen LogP contribution in [0.3, 0.4) is 0 Å². The number of benzene rings is 2. The predicted octanol–water partition coefficient (Wildman–Crippen LogP) is 5.09. The van der Waals surface area contributed by atoms with Crippen molar-refractivity contribution in [2.24, 2.45) is 0 Å². The van der Waals surface area contributed by atoms with Crippen molar-refractivity contribution in [2.45, 2.75) is 18.8 Å². The average molecular weight is 370 g/mol. The Morgan fingerprint density at radius 2 is 2.14 bits per heavy atom. The minimum atomic E-state index is -0.224. The summed E-state index contributed by atoms with van der Waals surface area (Å²) in [6.45, 7) is 0.726. The largest absolute Gasteiger partial charge is 0.493 e. The predicted molar refractivity (Wildman–Crippen MR) is 86.9 cm³/mol. The Bertz CT molecular complexity index is 659. The van der Waals surface area contributed by atoms with E-state index in [4.69, 9.17) is 16.3 Å². The van der Waals surface area contributed by atoms with Gasteiger partial charge in [-0.2, -0.15) is 0 Å². The first-order chi connectivity index (χ1) is 10.2. The third-order valence-electron chi connectivity index (χ3n) is 3.80. The van der Waals surface area contributed by atoms with Gasteiger partial charge in [-0.25, -0.2) is 4.39 Å². The van der Waals surface area contributed by atoms with Crippen molar-refractivity contribution in [1.82, 2.24) is 0 Å². The van der Waals surface area contributed by atoms with Crippen molar-refractivity contribution >= 4 is 27.5 Å². The van der Waals surface area contributed by atoms with Crippen LogP contribution in [0, 0.1) is 5.82 Å². The van der Waals surface area contributed by atoms with Gasteiger partial charge in [0.15, 0.2) is 0 Å². The third-order valence-corrected chi connectivity index (χ3v) is 4.63. The van der Waals surface area contributed by atoms with E-state index in [0.29, 0.717) is 5.88 Å². The van der Waals surface area contributed by atoms with Crippen molar-refractivity contribution < 1.29 is 9.13 Å². The van der Waals surface area contributed by atoms with Gasteiger partial charge in [0, 0.05) is 22.7 Å². The van der Waals surface area contributed by atoms with Gasteiger partial charge in [-0.05, 0) is 47.4 Å². The molecule has 1 heterocycles. The molecule has 0 fully saturated rings. The third kappa shape index (κ3) is 3.24. The quantitative estimate of drug-likeness (QED) is 0.682. The second-order valence-electron chi connectivity index (χ2n) is 5.26. The van der Waals surface area contributed by atoms with Gasteiger partial charge in [0.1, 0.15) is 11.6 Å². The number of halogens is 3. The first kappa shape index (κ1) is 14.9. The van der Waals surface area contributed by atoms with Crippen molar-refractivity contribution in [3.63, 3.8) is 0 Å². The Morgan fingerprint density at radius 3 is 2.90 bits per heavy atom. The fourth-order valence-electron chi connectivity index (χ4n) is 2.79. The molecule has 1 aliphatic rings. The molecule has 21 heavy (non-hydrogen) atoms. The molecule has 0 radical (unpaired) electrons. The van der Waals surface area contributed by atoms with Crippen LogP contribution in [0.1, 0.15) is 22.6 Å². The molecule has 0 aliphatic carbocycles. The summed E-state index contributed by atoms with van der Waals surface area (Å²) in [6.07, 6.45) is 1.68. The normalized spacial score (nSPS) is 14.6. The van der Waals surface area contributed by atoms with Gasteiger partial charge < -0.3 is 4.74 Å². The molecule has 0 amide bonds. The molecule has 3 rings (SSSR count). The van der Waals surface area contributed by atoms with Crippen LogP contribution in [0.5, 0.6) is 5.75 Å². The molecule has 4 heteroatoms. The number of alkyl halides is 1. The average Bonchev–Trinajstić information content (AvgIpc) is 2.92. The molecule has 0 saturated carbocycles. The van der Waals surface area contributed by atoms with Crippen molar-refractivity contribution in [3.8, 4) is 5.75 Å². The molecule has 0 bridgehead atoms. The van der Waals surface area contributed by atoms with Gasteiger partial charge in [-0.1, -0.05) is 28.1 Å². The summed E-state index contributed by atoms with van der Waals surface area (Å²) in [5, 5.41) is 0. The molecule has 110 valence electrons. The van der Waals surface area contributed by atoms with Gasteiger partial charge in [-0.15, -0.1) is 11.6 Å². The molecule has 2 aromatic carbocycles. The van der Waals surface area contributed by atoms with Crippen molar-refractivity contribution in [3.05, 3.63) is 63.4 Å². The SMILES string of the molecule is Fc1cccc(C(CCl)Cc2cc(Br)cc3c2OCC3)c1. The molecular weight excluding hydrogens is 355 g/mol. The minimum absolute atomic E-state index is 0.0740. The van der Waals surface area contributed by atoms with E-state index in [1.807, 2.05) is 6.07 Å². The standard InChI is InChI=1S/C17H15BrClFO/c18-15-7-12-4-5-21-17(12)13(8-15)6-14(10-19)11-2-1-3-16(20)9-11/h1-3,7-9,14H,4-6,10H2.